The van der Waals surface area contributed by atoms with Crippen LogP contribution in [-0.2, 0) is 4.79 Å². The summed E-state index contributed by atoms with van der Waals surface area (Å²) in [5.41, 5.74) is 2.59. The highest BCUT2D eigenvalue weighted by Gasteiger charge is 2.10. The summed E-state index contributed by atoms with van der Waals surface area (Å²) in [5, 5.41) is 4.82. The lowest BCUT2D eigenvalue weighted by Gasteiger charge is -2.06. The lowest BCUT2D eigenvalue weighted by Crippen LogP contribution is -2.06. The Hall–Kier alpha value is -2.14. The standard InChI is InChI=1S/C13H11N3OS/c1-9(17)14-11-5-3-2-4-10(11)12-8-16-6-7-18-13(16)15-12/h2-8H,1H3,(H,14,17). The van der Waals surface area contributed by atoms with Crippen LogP contribution in [0.2, 0.25) is 0 Å². The lowest BCUT2D eigenvalue weighted by atomic mass is 10.1. The molecule has 2 aromatic heterocycles. The van der Waals surface area contributed by atoms with Crippen LogP contribution in [0.4, 0.5) is 5.69 Å². The first-order valence-corrected chi connectivity index (χ1v) is 6.41. The van der Waals surface area contributed by atoms with Crippen molar-refractivity contribution in [1.29, 1.82) is 0 Å². The summed E-state index contributed by atoms with van der Waals surface area (Å²) in [6.07, 6.45) is 3.93. The molecule has 3 rings (SSSR count). The van der Waals surface area contributed by atoms with Crippen LogP contribution < -0.4 is 5.32 Å². The molecule has 0 atom stereocenters. The van der Waals surface area contributed by atoms with E-state index in [4.69, 9.17) is 0 Å². The van der Waals surface area contributed by atoms with E-state index in [9.17, 15) is 4.79 Å². The Morgan fingerprint density at radius 1 is 1.39 bits per heavy atom. The molecule has 3 aromatic rings. The average molecular weight is 257 g/mol. The number of aromatic nitrogens is 2. The van der Waals surface area contributed by atoms with Gasteiger partial charge in [0.05, 0.1) is 11.4 Å². The van der Waals surface area contributed by atoms with Crippen LogP contribution in [0.1, 0.15) is 6.92 Å². The van der Waals surface area contributed by atoms with Gasteiger partial charge >= 0.3 is 0 Å². The molecule has 0 fully saturated rings. The van der Waals surface area contributed by atoms with Crippen molar-refractivity contribution in [3.8, 4) is 11.3 Å². The fraction of sp³-hybridized carbons (Fsp3) is 0.0769. The normalized spacial score (nSPS) is 10.7. The number of rotatable bonds is 2. The highest BCUT2D eigenvalue weighted by atomic mass is 32.1. The van der Waals surface area contributed by atoms with Crippen molar-refractivity contribution in [2.45, 2.75) is 6.92 Å². The zero-order valence-electron chi connectivity index (χ0n) is 9.75. The minimum atomic E-state index is -0.0801. The van der Waals surface area contributed by atoms with Gasteiger partial charge in [0.1, 0.15) is 0 Å². The number of benzene rings is 1. The highest BCUT2D eigenvalue weighted by Crippen LogP contribution is 2.28. The topological polar surface area (TPSA) is 46.4 Å². The molecule has 0 saturated carbocycles. The average Bonchev–Trinajstić information content (AvgIpc) is 2.89. The number of carbonyl (C=O) groups is 1. The van der Waals surface area contributed by atoms with Crippen molar-refractivity contribution < 1.29 is 4.79 Å². The van der Waals surface area contributed by atoms with E-state index in [0.717, 1.165) is 21.9 Å². The predicted octanol–water partition coefficient (Wildman–Crippen LogP) is 3.02. The molecule has 0 aliphatic heterocycles. The summed E-state index contributed by atoms with van der Waals surface area (Å²) >= 11 is 1.59. The van der Waals surface area contributed by atoms with Gasteiger partial charge in [-0.15, -0.1) is 11.3 Å². The Kier molecular flexibility index (Phi) is 2.60. The Bertz CT molecular complexity index is 685. The van der Waals surface area contributed by atoms with Gasteiger partial charge in [-0.1, -0.05) is 18.2 Å². The molecule has 0 aliphatic carbocycles. The van der Waals surface area contributed by atoms with E-state index >= 15 is 0 Å². The number of thiazole rings is 1. The van der Waals surface area contributed by atoms with Gasteiger partial charge in [0.25, 0.3) is 0 Å². The first-order chi connectivity index (χ1) is 8.74. The van der Waals surface area contributed by atoms with E-state index in [1.165, 1.54) is 6.92 Å². The van der Waals surface area contributed by atoms with Crippen LogP contribution >= 0.6 is 11.3 Å². The van der Waals surface area contributed by atoms with Gasteiger partial charge in [-0.25, -0.2) is 4.98 Å². The van der Waals surface area contributed by atoms with Gasteiger partial charge in [-0.05, 0) is 6.07 Å². The number of nitrogens with zero attached hydrogens (tertiary/aromatic N) is 2. The minimum absolute atomic E-state index is 0.0801. The molecule has 1 aromatic carbocycles. The zero-order chi connectivity index (χ0) is 12.5. The molecule has 0 spiro atoms. The smallest absolute Gasteiger partial charge is 0.221 e. The van der Waals surface area contributed by atoms with Crippen LogP contribution in [-0.4, -0.2) is 15.3 Å². The van der Waals surface area contributed by atoms with Crippen molar-refractivity contribution in [3.05, 3.63) is 42.0 Å². The molecule has 0 saturated heterocycles. The van der Waals surface area contributed by atoms with E-state index in [1.807, 2.05) is 46.4 Å². The highest BCUT2D eigenvalue weighted by molar-refractivity contribution is 7.15. The fourth-order valence-electron chi connectivity index (χ4n) is 1.86. The van der Waals surface area contributed by atoms with Crippen LogP contribution in [0.5, 0.6) is 0 Å². The van der Waals surface area contributed by atoms with E-state index in [1.54, 1.807) is 11.3 Å². The van der Waals surface area contributed by atoms with Crippen molar-refractivity contribution in [3.63, 3.8) is 0 Å². The summed E-state index contributed by atoms with van der Waals surface area (Å²) in [7, 11) is 0. The molecule has 2 heterocycles. The largest absolute Gasteiger partial charge is 0.326 e. The third-order valence-corrected chi connectivity index (χ3v) is 3.38. The van der Waals surface area contributed by atoms with Crippen molar-refractivity contribution in [2.24, 2.45) is 0 Å². The summed E-state index contributed by atoms with van der Waals surface area (Å²) in [6.45, 7) is 1.50. The second-order valence-corrected chi connectivity index (χ2v) is 4.82. The molecule has 18 heavy (non-hydrogen) atoms. The van der Waals surface area contributed by atoms with Gasteiger partial charge < -0.3 is 5.32 Å². The van der Waals surface area contributed by atoms with Crippen LogP contribution in [0.15, 0.2) is 42.0 Å². The van der Waals surface area contributed by atoms with E-state index in [0.29, 0.717) is 0 Å². The van der Waals surface area contributed by atoms with Crippen molar-refractivity contribution in [2.75, 3.05) is 5.32 Å². The summed E-state index contributed by atoms with van der Waals surface area (Å²) in [4.78, 5) is 16.7. The molecule has 0 radical (unpaired) electrons. The monoisotopic (exact) mass is 257 g/mol. The van der Waals surface area contributed by atoms with Crippen LogP contribution in [0.3, 0.4) is 0 Å². The molecular weight excluding hydrogens is 246 g/mol. The van der Waals surface area contributed by atoms with E-state index in [2.05, 4.69) is 10.3 Å². The molecule has 90 valence electrons. The molecule has 4 nitrogen and oxygen atoms in total. The Labute approximate surface area is 108 Å². The molecule has 5 heteroatoms. The number of hydrogen-bond donors (Lipinski definition) is 1. The van der Waals surface area contributed by atoms with Crippen LogP contribution in [0, 0.1) is 0 Å². The van der Waals surface area contributed by atoms with Crippen molar-refractivity contribution in [1.82, 2.24) is 9.38 Å². The number of anilines is 1. The maximum absolute atomic E-state index is 11.2. The summed E-state index contributed by atoms with van der Waals surface area (Å²) < 4.78 is 1.98. The van der Waals surface area contributed by atoms with Gasteiger partial charge in [0.15, 0.2) is 4.96 Å². The van der Waals surface area contributed by atoms with Crippen molar-refractivity contribution >= 4 is 27.9 Å². The van der Waals surface area contributed by atoms with Gasteiger partial charge in [-0.2, -0.15) is 0 Å². The summed E-state index contributed by atoms with van der Waals surface area (Å²) in [6, 6.07) is 7.67. The minimum Gasteiger partial charge on any atom is -0.326 e. The van der Waals surface area contributed by atoms with Crippen LogP contribution in [0.25, 0.3) is 16.2 Å². The summed E-state index contributed by atoms with van der Waals surface area (Å²) in [5.74, 6) is -0.0801. The second kappa shape index (κ2) is 4.27. The Balaban J connectivity index is 2.10. The SMILES string of the molecule is CC(=O)Nc1ccccc1-c1cn2ccsc2n1. The number of imidazole rings is 1. The number of carbonyl (C=O) groups excluding carboxylic acids is 1. The van der Waals surface area contributed by atoms with Gasteiger partial charge in [0, 0.05) is 30.3 Å². The number of amides is 1. The molecule has 0 unspecified atom stereocenters. The maximum Gasteiger partial charge on any atom is 0.221 e. The predicted molar refractivity (Wildman–Crippen MR) is 72.8 cm³/mol. The van der Waals surface area contributed by atoms with E-state index in [-0.39, 0.29) is 5.91 Å². The quantitative estimate of drug-likeness (QED) is 0.767. The van der Waals surface area contributed by atoms with Gasteiger partial charge in [0.2, 0.25) is 5.91 Å². The maximum atomic E-state index is 11.2. The van der Waals surface area contributed by atoms with Gasteiger partial charge in [-0.3, -0.25) is 9.20 Å². The molecular formula is C13H11N3OS. The number of hydrogen-bond acceptors (Lipinski definition) is 3. The first-order valence-electron chi connectivity index (χ1n) is 5.53. The second-order valence-electron chi connectivity index (χ2n) is 3.95. The lowest BCUT2D eigenvalue weighted by molar-refractivity contribution is -0.114. The first kappa shape index (κ1) is 11.0. The van der Waals surface area contributed by atoms with E-state index < -0.39 is 0 Å². The number of para-hydroxylation sites is 1. The Morgan fingerprint density at radius 3 is 3.00 bits per heavy atom. The molecule has 1 N–H and O–H groups in total. The third-order valence-electron chi connectivity index (χ3n) is 2.61. The fourth-order valence-corrected chi connectivity index (χ4v) is 2.56. The molecule has 0 aliphatic rings. The third kappa shape index (κ3) is 1.89. The number of nitrogens with one attached hydrogen (secondary N) is 1. The Morgan fingerprint density at radius 2 is 2.22 bits per heavy atom. The number of fused-ring (bicyclic) bond motifs is 1. The molecule has 0 bridgehead atoms. The zero-order valence-corrected chi connectivity index (χ0v) is 10.6. The molecule has 1 amide bonds.